The Morgan fingerprint density at radius 2 is 1.85 bits per heavy atom. The van der Waals surface area contributed by atoms with Crippen LogP contribution in [0.15, 0.2) is 24.3 Å². The molecule has 26 heavy (non-hydrogen) atoms. The molecule has 0 radical (unpaired) electrons. The molecule has 2 amide bonds. The molecular weight excluding hydrogens is 348 g/mol. The summed E-state index contributed by atoms with van der Waals surface area (Å²) >= 11 is 2.02. The largest absolute Gasteiger partial charge is 0.346 e. The Morgan fingerprint density at radius 1 is 1.19 bits per heavy atom. The molecule has 0 aliphatic carbocycles. The second-order valence-corrected chi connectivity index (χ2v) is 8.16. The Hall–Kier alpha value is -1.57. The lowest BCUT2D eigenvalue weighted by atomic mass is 10.1. The predicted molar refractivity (Wildman–Crippen MR) is 108 cm³/mol. The first-order valence-electron chi connectivity index (χ1n) is 9.18. The van der Waals surface area contributed by atoms with Gasteiger partial charge in [-0.1, -0.05) is 26.0 Å². The number of nitrogens with two attached hydrogens (primary N) is 1. The molecule has 7 heteroatoms. The third kappa shape index (κ3) is 6.97. The van der Waals surface area contributed by atoms with Gasteiger partial charge in [0.25, 0.3) is 0 Å². The van der Waals surface area contributed by atoms with E-state index in [9.17, 15) is 9.59 Å². The number of benzene rings is 1. The topological polar surface area (TPSA) is 87.5 Å². The van der Waals surface area contributed by atoms with E-state index in [1.165, 1.54) is 30.2 Å². The Morgan fingerprint density at radius 3 is 2.46 bits per heavy atom. The van der Waals surface area contributed by atoms with Crippen LogP contribution in [0.5, 0.6) is 0 Å². The van der Waals surface area contributed by atoms with Gasteiger partial charge < -0.3 is 21.3 Å². The number of carbonyl (C=O) groups excluding carboxylic acids is 2. The Bertz CT molecular complexity index is 586. The van der Waals surface area contributed by atoms with Crippen molar-refractivity contribution in [3.8, 4) is 0 Å². The van der Waals surface area contributed by atoms with Crippen LogP contribution >= 0.6 is 11.8 Å². The molecular formula is C19H30N4O2S. The summed E-state index contributed by atoms with van der Waals surface area (Å²) in [6, 6.07) is 7.30. The molecule has 1 saturated heterocycles. The van der Waals surface area contributed by atoms with Crippen LogP contribution in [0.25, 0.3) is 0 Å². The maximum atomic E-state index is 12.0. The molecule has 1 heterocycles. The highest BCUT2D eigenvalue weighted by Gasteiger charge is 2.17. The second kappa shape index (κ2) is 10.5. The fourth-order valence-corrected chi connectivity index (χ4v) is 3.64. The third-order valence-corrected chi connectivity index (χ3v) is 5.44. The number of nitrogens with one attached hydrogen (secondary N) is 2. The lowest BCUT2D eigenvalue weighted by Crippen LogP contribution is -2.46. The molecule has 1 atom stereocenters. The van der Waals surface area contributed by atoms with Crippen molar-refractivity contribution in [3.05, 3.63) is 29.8 Å². The number of hydrogen-bond donors (Lipinski definition) is 3. The number of amides is 2. The van der Waals surface area contributed by atoms with E-state index < -0.39 is 6.04 Å². The van der Waals surface area contributed by atoms with Gasteiger partial charge in [0.1, 0.15) is 0 Å². The number of anilines is 1. The lowest BCUT2D eigenvalue weighted by molar-refractivity contribution is -0.125. The molecule has 1 fully saturated rings. The van der Waals surface area contributed by atoms with Crippen LogP contribution in [-0.2, 0) is 16.0 Å². The minimum absolute atomic E-state index is 0.0364. The smallest absolute Gasteiger partial charge is 0.243 e. The van der Waals surface area contributed by atoms with Crippen molar-refractivity contribution in [1.82, 2.24) is 10.2 Å². The van der Waals surface area contributed by atoms with Crippen LogP contribution in [0.1, 0.15) is 19.4 Å². The summed E-state index contributed by atoms with van der Waals surface area (Å²) in [5.41, 5.74) is 7.74. The maximum absolute atomic E-state index is 12.0. The van der Waals surface area contributed by atoms with Gasteiger partial charge >= 0.3 is 0 Å². The molecule has 0 unspecified atom stereocenters. The Kier molecular flexibility index (Phi) is 8.41. The lowest BCUT2D eigenvalue weighted by Gasteiger charge is -2.26. The zero-order valence-corrected chi connectivity index (χ0v) is 16.5. The maximum Gasteiger partial charge on any atom is 0.243 e. The molecule has 1 aliphatic heterocycles. The van der Waals surface area contributed by atoms with Crippen LogP contribution in [0.4, 0.5) is 5.69 Å². The van der Waals surface area contributed by atoms with Crippen molar-refractivity contribution >= 4 is 29.3 Å². The van der Waals surface area contributed by atoms with Crippen LogP contribution < -0.4 is 16.4 Å². The van der Waals surface area contributed by atoms with E-state index in [2.05, 4.69) is 15.5 Å². The first kappa shape index (κ1) is 20.7. The van der Waals surface area contributed by atoms with Crippen molar-refractivity contribution in [1.29, 1.82) is 0 Å². The van der Waals surface area contributed by atoms with Gasteiger partial charge in [0.15, 0.2) is 0 Å². The fraction of sp³-hybridized carbons (Fsp3) is 0.579. The van der Waals surface area contributed by atoms with Crippen LogP contribution in [0.2, 0.25) is 0 Å². The number of carbonyl (C=O) groups is 2. The molecule has 0 bridgehead atoms. The Labute approximate surface area is 160 Å². The second-order valence-electron chi connectivity index (χ2n) is 6.94. The summed E-state index contributed by atoms with van der Waals surface area (Å²) in [6.07, 6.45) is 1.02. The van der Waals surface area contributed by atoms with Gasteiger partial charge in [0, 0.05) is 36.8 Å². The summed E-state index contributed by atoms with van der Waals surface area (Å²) in [5, 5.41) is 5.36. The minimum Gasteiger partial charge on any atom is -0.346 e. The zero-order chi connectivity index (χ0) is 18.9. The molecule has 6 nitrogen and oxygen atoms in total. The number of thioether (sulfide) groups is 1. The first-order valence-corrected chi connectivity index (χ1v) is 10.3. The van der Waals surface area contributed by atoms with Crippen molar-refractivity contribution in [2.45, 2.75) is 26.3 Å². The van der Waals surface area contributed by atoms with Gasteiger partial charge in [-0.3, -0.25) is 9.59 Å². The summed E-state index contributed by atoms with van der Waals surface area (Å²) in [5.74, 6) is 1.93. The quantitative estimate of drug-likeness (QED) is 0.635. The van der Waals surface area contributed by atoms with Crippen molar-refractivity contribution < 1.29 is 9.59 Å². The van der Waals surface area contributed by atoms with Crippen LogP contribution in [-0.4, -0.2) is 60.4 Å². The van der Waals surface area contributed by atoms with Gasteiger partial charge in [-0.05, 0) is 30.0 Å². The number of hydrogen-bond acceptors (Lipinski definition) is 5. The number of nitrogens with zero attached hydrogens (tertiary/aromatic N) is 1. The van der Waals surface area contributed by atoms with Crippen LogP contribution in [0.3, 0.4) is 0 Å². The highest BCUT2D eigenvalue weighted by atomic mass is 32.2. The average molecular weight is 379 g/mol. The molecule has 0 saturated carbocycles. The van der Waals surface area contributed by atoms with E-state index in [-0.39, 0.29) is 24.3 Å². The normalized spacial score (nSPS) is 16.3. The highest BCUT2D eigenvalue weighted by molar-refractivity contribution is 7.99. The summed E-state index contributed by atoms with van der Waals surface area (Å²) in [6.45, 7) is 7.09. The SMILES string of the molecule is CC(C)[C@H](N)C(=O)NCC(=O)Nc1ccc(CCN2CCSCC2)cc1. The predicted octanol–water partition coefficient (Wildman–Crippen LogP) is 1.32. The van der Waals surface area contributed by atoms with Crippen molar-refractivity contribution in [2.75, 3.05) is 43.0 Å². The van der Waals surface area contributed by atoms with Crippen molar-refractivity contribution in [3.63, 3.8) is 0 Å². The van der Waals surface area contributed by atoms with E-state index in [1.807, 2.05) is 49.9 Å². The molecule has 144 valence electrons. The summed E-state index contributed by atoms with van der Waals surface area (Å²) in [4.78, 5) is 26.2. The van der Waals surface area contributed by atoms with Gasteiger partial charge in [0.2, 0.25) is 11.8 Å². The first-order chi connectivity index (χ1) is 12.5. The molecule has 1 aromatic carbocycles. The van der Waals surface area contributed by atoms with E-state index >= 15 is 0 Å². The summed E-state index contributed by atoms with van der Waals surface area (Å²) in [7, 11) is 0. The fourth-order valence-electron chi connectivity index (χ4n) is 2.66. The molecule has 1 aromatic rings. The van der Waals surface area contributed by atoms with E-state index in [0.29, 0.717) is 0 Å². The zero-order valence-electron chi connectivity index (χ0n) is 15.7. The van der Waals surface area contributed by atoms with Gasteiger partial charge in [-0.25, -0.2) is 0 Å². The van der Waals surface area contributed by atoms with Gasteiger partial charge in [0.05, 0.1) is 12.6 Å². The van der Waals surface area contributed by atoms with Gasteiger partial charge in [-0.2, -0.15) is 11.8 Å². The standard InChI is InChI=1S/C19H30N4O2S/c1-14(2)18(20)19(25)21-13-17(24)22-16-5-3-15(4-6-16)7-8-23-9-11-26-12-10-23/h3-6,14,18H,7-13,20H2,1-2H3,(H,21,25)(H,22,24)/t18-/m0/s1. The molecule has 4 N–H and O–H groups in total. The molecule has 0 aromatic heterocycles. The third-order valence-electron chi connectivity index (χ3n) is 4.50. The summed E-state index contributed by atoms with van der Waals surface area (Å²) < 4.78 is 0. The number of rotatable bonds is 8. The van der Waals surface area contributed by atoms with Crippen LogP contribution in [0, 0.1) is 5.92 Å². The highest BCUT2D eigenvalue weighted by Crippen LogP contribution is 2.13. The monoisotopic (exact) mass is 378 g/mol. The van der Waals surface area contributed by atoms with Crippen molar-refractivity contribution in [2.24, 2.45) is 11.7 Å². The van der Waals surface area contributed by atoms with E-state index in [0.717, 1.165) is 18.7 Å². The minimum atomic E-state index is -0.597. The average Bonchev–Trinajstić information content (AvgIpc) is 2.65. The van der Waals surface area contributed by atoms with Gasteiger partial charge in [-0.15, -0.1) is 0 Å². The molecule has 2 rings (SSSR count). The van der Waals surface area contributed by atoms with E-state index in [1.54, 1.807) is 0 Å². The van der Waals surface area contributed by atoms with E-state index in [4.69, 9.17) is 5.73 Å². The molecule has 0 spiro atoms. The molecule has 1 aliphatic rings. The Balaban J connectivity index is 1.72.